The van der Waals surface area contributed by atoms with Gasteiger partial charge in [0.15, 0.2) is 11.4 Å². The first-order valence-corrected chi connectivity index (χ1v) is 11.7. The highest BCUT2D eigenvalue weighted by atomic mass is 16.3. The molecule has 0 saturated heterocycles. The Morgan fingerprint density at radius 2 is 1.80 bits per heavy atom. The molecule has 182 valence electrons. The molecule has 4 rings (SSSR count). The lowest BCUT2D eigenvalue weighted by atomic mass is 10.0. The summed E-state index contributed by atoms with van der Waals surface area (Å²) in [5, 5.41) is 11.3. The Bertz CT molecular complexity index is 1360. The molecule has 3 heterocycles. The van der Waals surface area contributed by atoms with Crippen LogP contribution in [0.4, 0.5) is 5.69 Å². The molecule has 0 bridgehead atoms. The van der Waals surface area contributed by atoms with Gasteiger partial charge in [0.25, 0.3) is 11.8 Å². The number of pyridine rings is 1. The molecule has 2 amide bonds. The minimum absolute atomic E-state index is 0.165. The number of rotatable bonds is 6. The van der Waals surface area contributed by atoms with Gasteiger partial charge in [0.2, 0.25) is 0 Å². The number of nitrogens with one attached hydrogen (secondary N) is 2. The van der Waals surface area contributed by atoms with Gasteiger partial charge >= 0.3 is 0 Å². The van der Waals surface area contributed by atoms with Crippen molar-refractivity contribution in [2.45, 2.75) is 59.5 Å². The first-order valence-electron chi connectivity index (χ1n) is 11.7. The standard InChI is InChI=1S/C27H31N5O3/c1-16(2)21-14-20(23-17(3)31-32(24(23)30-21)27(4,5)6)25(33)28-15-18-9-11-19(12-10-18)29-26(34)22-8-7-13-35-22/h7-14,16H,15H2,1-6H3,(H,28,33)(H,29,34). The first kappa shape index (κ1) is 24.2. The van der Waals surface area contributed by atoms with Crippen LogP contribution in [0.25, 0.3) is 11.0 Å². The summed E-state index contributed by atoms with van der Waals surface area (Å²) in [5.74, 6) is -0.0784. The van der Waals surface area contributed by atoms with Gasteiger partial charge in [0.05, 0.1) is 28.4 Å². The molecule has 0 aliphatic rings. The van der Waals surface area contributed by atoms with Gasteiger partial charge in [-0.05, 0) is 69.5 Å². The van der Waals surface area contributed by atoms with Crippen LogP contribution in [0, 0.1) is 6.92 Å². The number of hydrogen-bond donors (Lipinski definition) is 2. The summed E-state index contributed by atoms with van der Waals surface area (Å²) in [5.41, 5.74) is 4.22. The third-order valence-corrected chi connectivity index (χ3v) is 5.71. The van der Waals surface area contributed by atoms with Crippen molar-refractivity contribution in [2.24, 2.45) is 0 Å². The van der Waals surface area contributed by atoms with Crippen LogP contribution in [0.3, 0.4) is 0 Å². The van der Waals surface area contributed by atoms with Crippen LogP contribution >= 0.6 is 0 Å². The highest BCUT2D eigenvalue weighted by Gasteiger charge is 2.25. The van der Waals surface area contributed by atoms with Crippen LogP contribution < -0.4 is 10.6 Å². The third kappa shape index (κ3) is 5.11. The maximum atomic E-state index is 13.3. The number of aryl methyl sites for hydroxylation is 1. The highest BCUT2D eigenvalue weighted by molar-refractivity contribution is 6.06. The fourth-order valence-corrected chi connectivity index (χ4v) is 3.83. The Labute approximate surface area is 204 Å². The smallest absolute Gasteiger partial charge is 0.291 e. The minimum atomic E-state index is -0.315. The quantitative estimate of drug-likeness (QED) is 0.391. The van der Waals surface area contributed by atoms with E-state index < -0.39 is 0 Å². The number of carbonyl (C=O) groups excluding carboxylic acids is 2. The lowest BCUT2D eigenvalue weighted by Crippen LogP contribution is -2.25. The Kier molecular flexibility index (Phi) is 6.47. The van der Waals surface area contributed by atoms with E-state index in [1.54, 1.807) is 24.3 Å². The molecule has 8 heteroatoms. The van der Waals surface area contributed by atoms with Crippen molar-refractivity contribution < 1.29 is 14.0 Å². The van der Waals surface area contributed by atoms with Crippen molar-refractivity contribution in [3.05, 3.63) is 77.0 Å². The Balaban J connectivity index is 1.54. The van der Waals surface area contributed by atoms with Gasteiger partial charge in [-0.15, -0.1) is 0 Å². The molecule has 2 N–H and O–H groups in total. The molecule has 0 fully saturated rings. The molecular formula is C27H31N5O3. The fourth-order valence-electron chi connectivity index (χ4n) is 3.83. The lowest BCUT2D eigenvalue weighted by molar-refractivity contribution is 0.0951. The zero-order chi connectivity index (χ0) is 25.3. The molecule has 3 aromatic heterocycles. The van der Waals surface area contributed by atoms with Crippen LogP contribution in [-0.2, 0) is 12.1 Å². The van der Waals surface area contributed by atoms with Crippen LogP contribution in [0.15, 0.2) is 53.1 Å². The fraction of sp³-hybridized carbons (Fsp3) is 0.333. The molecule has 4 aromatic rings. The Morgan fingerprint density at radius 3 is 2.40 bits per heavy atom. The maximum Gasteiger partial charge on any atom is 0.291 e. The van der Waals surface area contributed by atoms with Crippen molar-refractivity contribution >= 4 is 28.5 Å². The molecule has 0 unspecified atom stereocenters. The number of carbonyl (C=O) groups is 2. The second kappa shape index (κ2) is 9.37. The van der Waals surface area contributed by atoms with Crippen molar-refractivity contribution in [3.63, 3.8) is 0 Å². The SMILES string of the molecule is Cc1nn(C(C)(C)C)c2nc(C(C)C)cc(C(=O)NCc3ccc(NC(=O)c4ccco4)cc3)c12. The first-order chi connectivity index (χ1) is 16.5. The van der Waals surface area contributed by atoms with Crippen LogP contribution in [0.2, 0.25) is 0 Å². The average Bonchev–Trinajstić information content (AvgIpc) is 3.46. The largest absolute Gasteiger partial charge is 0.459 e. The van der Waals surface area contributed by atoms with Gasteiger partial charge in [-0.1, -0.05) is 26.0 Å². The van der Waals surface area contributed by atoms with E-state index >= 15 is 0 Å². The number of fused-ring (bicyclic) bond motifs is 1. The molecular weight excluding hydrogens is 442 g/mol. The average molecular weight is 474 g/mol. The topological polar surface area (TPSA) is 102 Å². The summed E-state index contributed by atoms with van der Waals surface area (Å²) in [6.07, 6.45) is 1.46. The molecule has 0 spiro atoms. The van der Waals surface area contributed by atoms with E-state index in [1.807, 2.05) is 29.8 Å². The number of benzene rings is 1. The monoisotopic (exact) mass is 473 g/mol. The van der Waals surface area contributed by atoms with Crippen molar-refractivity contribution in [3.8, 4) is 0 Å². The Morgan fingerprint density at radius 1 is 1.09 bits per heavy atom. The van der Waals surface area contributed by atoms with Crippen LogP contribution in [0.1, 0.15) is 78.4 Å². The van der Waals surface area contributed by atoms with Gasteiger partial charge in [0.1, 0.15) is 0 Å². The number of nitrogens with zero attached hydrogens (tertiary/aromatic N) is 3. The predicted octanol–water partition coefficient (Wildman–Crippen LogP) is 5.39. The van der Waals surface area contributed by atoms with E-state index in [0.717, 1.165) is 28.0 Å². The summed E-state index contributed by atoms with van der Waals surface area (Å²) in [6.45, 7) is 12.6. The number of furan rings is 1. The summed E-state index contributed by atoms with van der Waals surface area (Å²) in [7, 11) is 0. The van der Waals surface area contributed by atoms with Crippen molar-refractivity contribution in [1.29, 1.82) is 0 Å². The molecule has 0 atom stereocenters. The van der Waals surface area contributed by atoms with E-state index in [2.05, 4.69) is 45.3 Å². The van der Waals surface area contributed by atoms with E-state index in [4.69, 9.17) is 14.5 Å². The summed E-state index contributed by atoms with van der Waals surface area (Å²) < 4.78 is 7.01. The molecule has 8 nitrogen and oxygen atoms in total. The number of anilines is 1. The van der Waals surface area contributed by atoms with Gasteiger partial charge in [-0.3, -0.25) is 9.59 Å². The lowest BCUT2D eigenvalue weighted by Gasteiger charge is -2.20. The van der Waals surface area contributed by atoms with Crippen LogP contribution in [0.5, 0.6) is 0 Å². The molecule has 0 aliphatic carbocycles. The summed E-state index contributed by atoms with van der Waals surface area (Å²) >= 11 is 0. The predicted molar refractivity (Wildman–Crippen MR) is 136 cm³/mol. The number of hydrogen-bond acceptors (Lipinski definition) is 5. The van der Waals surface area contributed by atoms with Gasteiger partial charge in [0, 0.05) is 17.9 Å². The van der Waals surface area contributed by atoms with Gasteiger partial charge < -0.3 is 15.1 Å². The van der Waals surface area contributed by atoms with E-state index in [1.165, 1.54) is 6.26 Å². The normalized spacial score (nSPS) is 11.7. The molecule has 0 aliphatic heterocycles. The molecule has 0 radical (unpaired) electrons. The second-order valence-corrected chi connectivity index (χ2v) is 9.93. The molecule has 0 saturated carbocycles. The van der Waals surface area contributed by atoms with Gasteiger partial charge in [-0.2, -0.15) is 5.10 Å². The molecule has 35 heavy (non-hydrogen) atoms. The summed E-state index contributed by atoms with van der Waals surface area (Å²) in [6, 6.07) is 12.5. The molecule has 1 aromatic carbocycles. The summed E-state index contributed by atoms with van der Waals surface area (Å²) in [4.78, 5) is 30.3. The number of amides is 2. The van der Waals surface area contributed by atoms with Crippen LogP contribution in [-0.4, -0.2) is 26.6 Å². The highest BCUT2D eigenvalue weighted by Crippen LogP contribution is 2.29. The van der Waals surface area contributed by atoms with Crippen molar-refractivity contribution in [1.82, 2.24) is 20.1 Å². The zero-order valence-corrected chi connectivity index (χ0v) is 21.0. The third-order valence-electron chi connectivity index (χ3n) is 5.71. The second-order valence-electron chi connectivity index (χ2n) is 9.93. The van der Waals surface area contributed by atoms with Gasteiger partial charge in [-0.25, -0.2) is 9.67 Å². The maximum absolute atomic E-state index is 13.3. The zero-order valence-electron chi connectivity index (χ0n) is 21.0. The van der Waals surface area contributed by atoms with E-state index in [0.29, 0.717) is 17.8 Å². The number of aromatic nitrogens is 3. The van der Waals surface area contributed by atoms with E-state index in [9.17, 15) is 9.59 Å². The van der Waals surface area contributed by atoms with E-state index in [-0.39, 0.29) is 29.0 Å². The Hall–Kier alpha value is -3.94. The van der Waals surface area contributed by atoms with Crippen molar-refractivity contribution in [2.75, 3.05) is 5.32 Å². The minimum Gasteiger partial charge on any atom is -0.459 e.